The van der Waals surface area contributed by atoms with Gasteiger partial charge in [0.1, 0.15) is 11.6 Å². The van der Waals surface area contributed by atoms with Crippen molar-refractivity contribution in [2.24, 2.45) is 23.7 Å². The van der Waals surface area contributed by atoms with Crippen molar-refractivity contribution in [2.45, 2.75) is 90.6 Å². The molecule has 0 aromatic heterocycles. The normalized spacial score (nSPS) is 28.0. The second kappa shape index (κ2) is 10.7. The number of benzene rings is 1. The summed E-state index contributed by atoms with van der Waals surface area (Å²) in [5, 5.41) is 0. The Hall–Kier alpha value is -1.45. The van der Waals surface area contributed by atoms with Crippen LogP contribution in [0, 0.1) is 29.5 Å². The SMILES string of the molecule is CCCC1CCC(C2CCC(/C=C/C(F)(F)Oc3ccc(CC)c(F)c3)CC2)CC1. The molecule has 4 heteroatoms. The zero-order valence-corrected chi connectivity index (χ0v) is 18.5. The summed E-state index contributed by atoms with van der Waals surface area (Å²) in [5.74, 6) is 2.09. The Morgan fingerprint density at radius 3 is 2.17 bits per heavy atom. The van der Waals surface area contributed by atoms with Crippen LogP contribution in [0.1, 0.15) is 83.6 Å². The number of hydrogen-bond acceptors (Lipinski definition) is 1. The molecule has 2 aliphatic carbocycles. The molecule has 30 heavy (non-hydrogen) atoms. The van der Waals surface area contributed by atoms with Gasteiger partial charge in [-0.15, -0.1) is 0 Å². The van der Waals surface area contributed by atoms with E-state index in [9.17, 15) is 13.2 Å². The van der Waals surface area contributed by atoms with E-state index in [2.05, 4.69) is 6.92 Å². The molecular formula is C26H37F3O. The molecule has 3 rings (SSSR count). The van der Waals surface area contributed by atoms with Crippen LogP contribution in [0.2, 0.25) is 0 Å². The maximum atomic E-state index is 14.2. The number of aryl methyl sites for hydroxylation is 1. The van der Waals surface area contributed by atoms with E-state index in [1.165, 1.54) is 50.7 Å². The van der Waals surface area contributed by atoms with Crippen LogP contribution in [0.4, 0.5) is 13.2 Å². The molecule has 2 saturated carbocycles. The number of allylic oxidation sites excluding steroid dienone is 1. The predicted octanol–water partition coefficient (Wildman–Crippen LogP) is 8.33. The van der Waals surface area contributed by atoms with E-state index in [1.54, 1.807) is 6.08 Å². The van der Waals surface area contributed by atoms with Gasteiger partial charge in [-0.25, -0.2) is 4.39 Å². The Labute approximate surface area is 180 Å². The molecule has 0 atom stereocenters. The largest absolute Gasteiger partial charge is 0.429 e. The maximum absolute atomic E-state index is 14.2. The molecule has 2 fully saturated rings. The van der Waals surface area contributed by atoms with E-state index < -0.39 is 11.9 Å². The van der Waals surface area contributed by atoms with Gasteiger partial charge in [-0.1, -0.05) is 51.7 Å². The second-order valence-electron chi connectivity index (χ2n) is 9.37. The van der Waals surface area contributed by atoms with Crippen molar-refractivity contribution in [1.82, 2.24) is 0 Å². The van der Waals surface area contributed by atoms with Gasteiger partial charge in [0.05, 0.1) is 0 Å². The van der Waals surface area contributed by atoms with Gasteiger partial charge < -0.3 is 4.74 Å². The highest BCUT2D eigenvalue weighted by Crippen LogP contribution is 2.42. The third-order valence-corrected chi connectivity index (χ3v) is 7.29. The lowest BCUT2D eigenvalue weighted by molar-refractivity contribution is -0.132. The summed E-state index contributed by atoms with van der Waals surface area (Å²) in [5.41, 5.74) is 0.497. The highest BCUT2D eigenvalue weighted by molar-refractivity contribution is 5.29. The lowest BCUT2D eigenvalue weighted by atomic mass is 9.69. The van der Waals surface area contributed by atoms with E-state index >= 15 is 0 Å². The highest BCUT2D eigenvalue weighted by Gasteiger charge is 2.32. The standard InChI is InChI=1S/C26H37F3O/c1-3-5-19-6-10-22(11-7-19)23-12-8-20(9-13-23)16-17-26(28,29)30-24-15-14-21(4-2)25(27)18-24/h14-20,22-23H,3-13H2,1-2H3/b17-16+. The van der Waals surface area contributed by atoms with Crippen LogP contribution < -0.4 is 4.74 Å². The van der Waals surface area contributed by atoms with Gasteiger partial charge in [0.15, 0.2) is 0 Å². The molecule has 0 aliphatic heterocycles. The molecule has 1 aromatic carbocycles. The van der Waals surface area contributed by atoms with Gasteiger partial charge in [-0.3, -0.25) is 0 Å². The topological polar surface area (TPSA) is 9.23 Å². The van der Waals surface area contributed by atoms with Crippen molar-refractivity contribution >= 4 is 0 Å². The molecule has 2 aliphatic rings. The Kier molecular flexibility index (Phi) is 8.30. The van der Waals surface area contributed by atoms with Crippen LogP contribution in [0.3, 0.4) is 0 Å². The first-order valence-electron chi connectivity index (χ1n) is 11.9. The molecule has 0 bridgehead atoms. The fourth-order valence-electron chi connectivity index (χ4n) is 5.48. The Balaban J connectivity index is 1.45. The molecule has 1 aromatic rings. The monoisotopic (exact) mass is 422 g/mol. The quantitative estimate of drug-likeness (QED) is 0.383. The zero-order chi connectivity index (χ0) is 21.6. The van der Waals surface area contributed by atoms with Crippen molar-refractivity contribution in [2.75, 3.05) is 0 Å². The minimum absolute atomic E-state index is 0.137. The van der Waals surface area contributed by atoms with Crippen LogP contribution in [0.15, 0.2) is 30.4 Å². The third kappa shape index (κ3) is 6.52. The first-order chi connectivity index (χ1) is 14.4. The first kappa shape index (κ1) is 23.2. The fourth-order valence-corrected chi connectivity index (χ4v) is 5.48. The van der Waals surface area contributed by atoms with Crippen molar-refractivity contribution < 1.29 is 17.9 Å². The van der Waals surface area contributed by atoms with Gasteiger partial charge in [0.2, 0.25) is 0 Å². The zero-order valence-electron chi connectivity index (χ0n) is 18.5. The summed E-state index contributed by atoms with van der Waals surface area (Å²) >= 11 is 0. The van der Waals surface area contributed by atoms with Crippen molar-refractivity contribution in [1.29, 1.82) is 0 Å². The van der Waals surface area contributed by atoms with E-state index in [1.807, 2.05) is 6.92 Å². The minimum atomic E-state index is -3.42. The molecular weight excluding hydrogens is 385 g/mol. The minimum Gasteiger partial charge on any atom is -0.429 e. The summed E-state index contributed by atoms with van der Waals surface area (Å²) in [6.07, 6.45) is 12.0. The van der Waals surface area contributed by atoms with Crippen LogP contribution in [0.5, 0.6) is 5.75 Å². The van der Waals surface area contributed by atoms with E-state index in [-0.39, 0.29) is 11.7 Å². The van der Waals surface area contributed by atoms with Crippen LogP contribution in [-0.2, 0) is 6.42 Å². The molecule has 0 heterocycles. The molecule has 0 spiro atoms. The van der Waals surface area contributed by atoms with Gasteiger partial charge in [0, 0.05) is 12.1 Å². The van der Waals surface area contributed by atoms with Gasteiger partial charge >= 0.3 is 6.11 Å². The molecule has 0 amide bonds. The Bertz CT molecular complexity index is 684. The molecule has 0 N–H and O–H groups in total. The summed E-state index contributed by atoms with van der Waals surface area (Å²) < 4.78 is 47.0. The van der Waals surface area contributed by atoms with Crippen LogP contribution >= 0.6 is 0 Å². The van der Waals surface area contributed by atoms with Gasteiger partial charge in [-0.05, 0) is 80.2 Å². The molecule has 0 unspecified atom stereocenters. The Morgan fingerprint density at radius 1 is 0.967 bits per heavy atom. The summed E-state index contributed by atoms with van der Waals surface area (Å²) in [4.78, 5) is 0. The highest BCUT2D eigenvalue weighted by atomic mass is 19.3. The van der Waals surface area contributed by atoms with E-state index in [0.29, 0.717) is 12.0 Å². The fraction of sp³-hybridized carbons (Fsp3) is 0.692. The van der Waals surface area contributed by atoms with Crippen molar-refractivity contribution in [3.8, 4) is 5.75 Å². The first-order valence-corrected chi connectivity index (χ1v) is 11.9. The second-order valence-corrected chi connectivity index (χ2v) is 9.37. The molecule has 1 nitrogen and oxygen atoms in total. The molecule has 168 valence electrons. The predicted molar refractivity (Wildman–Crippen MR) is 116 cm³/mol. The van der Waals surface area contributed by atoms with Crippen molar-refractivity contribution in [3.63, 3.8) is 0 Å². The van der Waals surface area contributed by atoms with E-state index in [0.717, 1.165) is 55.6 Å². The Morgan fingerprint density at radius 2 is 1.60 bits per heavy atom. The number of alkyl halides is 2. The smallest absolute Gasteiger partial charge is 0.419 e. The number of hydrogen-bond donors (Lipinski definition) is 0. The van der Waals surface area contributed by atoms with Gasteiger partial charge in [0.25, 0.3) is 0 Å². The average molecular weight is 423 g/mol. The van der Waals surface area contributed by atoms with Crippen LogP contribution in [-0.4, -0.2) is 6.11 Å². The summed E-state index contributed by atoms with van der Waals surface area (Å²) in [6.45, 7) is 4.10. The average Bonchev–Trinajstić information content (AvgIpc) is 2.73. The third-order valence-electron chi connectivity index (χ3n) is 7.29. The maximum Gasteiger partial charge on any atom is 0.419 e. The summed E-state index contributed by atoms with van der Waals surface area (Å²) in [6, 6.07) is 3.95. The number of halogens is 3. The van der Waals surface area contributed by atoms with Gasteiger partial charge in [-0.2, -0.15) is 8.78 Å². The number of ether oxygens (including phenoxy) is 1. The number of rotatable bonds is 8. The molecule has 0 saturated heterocycles. The van der Waals surface area contributed by atoms with E-state index in [4.69, 9.17) is 4.74 Å². The lowest BCUT2D eigenvalue weighted by Gasteiger charge is -2.37. The van der Waals surface area contributed by atoms with Crippen molar-refractivity contribution in [3.05, 3.63) is 41.7 Å². The van der Waals surface area contributed by atoms with Crippen LogP contribution in [0.25, 0.3) is 0 Å². The molecule has 0 radical (unpaired) electrons. The summed E-state index contributed by atoms with van der Waals surface area (Å²) in [7, 11) is 0. The lowest BCUT2D eigenvalue weighted by Crippen LogP contribution is -2.26.